The highest BCUT2D eigenvalue weighted by Crippen LogP contribution is 2.33. The Kier molecular flexibility index (Phi) is 4.76. The number of carbonyl (C=O) groups is 1. The molecule has 116 valence electrons. The fraction of sp³-hybridized carbons (Fsp3) is 0.706. The van der Waals surface area contributed by atoms with Crippen LogP contribution >= 0.6 is 0 Å². The van der Waals surface area contributed by atoms with Crippen LogP contribution in [-0.4, -0.2) is 48.8 Å². The van der Waals surface area contributed by atoms with Crippen molar-refractivity contribution in [3.63, 3.8) is 0 Å². The number of nitrogens with zero attached hydrogens (tertiary/aromatic N) is 1. The van der Waals surface area contributed by atoms with Crippen molar-refractivity contribution in [3.05, 3.63) is 24.8 Å². The Hall–Kier alpha value is -1.13. The summed E-state index contributed by atoms with van der Waals surface area (Å²) in [5.74, 6) is 0.682. The van der Waals surface area contributed by atoms with E-state index >= 15 is 0 Å². The molecule has 4 atom stereocenters. The van der Waals surface area contributed by atoms with E-state index in [9.17, 15) is 4.79 Å². The molecular weight excluding hydrogens is 266 g/mol. The fourth-order valence-corrected chi connectivity index (χ4v) is 3.81. The molecule has 0 aromatic heterocycles. The Bertz CT molecular complexity index is 420. The molecule has 0 unspecified atom stereocenters. The van der Waals surface area contributed by atoms with Gasteiger partial charge in [0.25, 0.3) is 0 Å². The van der Waals surface area contributed by atoms with Crippen molar-refractivity contribution >= 4 is 5.91 Å². The average molecular weight is 291 g/mol. The van der Waals surface area contributed by atoms with Gasteiger partial charge in [-0.25, -0.2) is 0 Å². The van der Waals surface area contributed by atoms with Crippen LogP contribution in [0.3, 0.4) is 0 Å². The first kappa shape index (κ1) is 14.8. The highest BCUT2D eigenvalue weighted by molar-refractivity contribution is 5.77. The Labute approximate surface area is 126 Å². The van der Waals surface area contributed by atoms with E-state index in [1.807, 2.05) is 4.90 Å². The van der Waals surface area contributed by atoms with Crippen LogP contribution in [0.15, 0.2) is 24.8 Å². The summed E-state index contributed by atoms with van der Waals surface area (Å²) in [7, 11) is 0. The normalized spacial score (nSPS) is 35.0. The lowest BCUT2D eigenvalue weighted by Gasteiger charge is -2.31. The van der Waals surface area contributed by atoms with Gasteiger partial charge in [0.2, 0.25) is 5.91 Å². The number of allylic oxidation sites excluding steroid dienone is 2. The molecule has 3 aliphatic rings. The molecule has 0 aromatic rings. The van der Waals surface area contributed by atoms with Crippen LogP contribution in [0.4, 0.5) is 0 Å². The molecule has 1 saturated carbocycles. The molecule has 2 aliphatic carbocycles. The summed E-state index contributed by atoms with van der Waals surface area (Å²) >= 11 is 0. The van der Waals surface area contributed by atoms with E-state index in [0.717, 1.165) is 25.7 Å². The van der Waals surface area contributed by atoms with Gasteiger partial charge in [-0.05, 0) is 31.6 Å². The summed E-state index contributed by atoms with van der Waals surface area (Å²) in [5, 5.41) is 0. The van der Waals surface area contributed by atoms with Crippen molar-refractivity contribution in [3.8, 4) is 0 Å². The van der Waals surface area contributed by atoms with Crippen molar-refractivity contribution in [1.82, 2.24) is 4.90 Å². The van der Waals surface area contributed by atoms with Crippen LogP contribution in [0.5, 0.6) is 0 Å². The molecule has 0 N–H and O–H groups in total. The second kappa shape index (κ2) is 6.75. The SMILES string of the molecule is C=CCO[C@H]1[C@H]2CC[C@H]1OCCN2C(=O)C[C@@H]1C=CCC1. The summed E-state index contributed by atoms with van der Waals surface area (Å²) < 4.78 is 11.8. The third kappa shape index (κ3) is 3.22. The lowest BCUT2D eigenvalue weighted by molar-refractivity contribution is -0.136. The molecule has 4 nitrogen and oxygen atoms in total. The third-order valence-corrected chi connectivity index (χ3v) is 4.83. The predicted molar refractivity (Wildman–Crippen MR) is 80.9 cm³/mol. The van der Waals surface area contributed by atoms with Crippen LogP contribution in [0.25, 0.3) is 0 Å². The summed E-state index contributed by atoms with van der Waals surface area (Å²) in [6.07, 6.45) is 11.1. The van der Waals surface area contributed by atoms with Crippen molar-refractivity contribution in [2.24, 2.45) is 5.92 Å². The second-order valence-corrected chi connectivity index (χ2v) is 6.20. The van der Waals surface area contributed by atoms with E-state index in [1.165, 1.54) is 0 Å². The second-order valence-electron chi connectivity index (χ2n) is 6.20. The fourth-order valence-electron chi connectivity index (χ4n) is 3.81. The number of hydrogen-bond acceptors (Lipinski definition) is 3. The number of hydrogen-bond donors (Lipinski definition) is 0. The molecular formula is C17H25NO3. The maximum Gasteiger partial charge on any atom is 0.223 e. The zero-order chi connectivity index (χ0) is 14.7. The molecule has 1 heterocycles. The molecule has 2 fully saturated rings. The summed E-state index contributed by atoms with van der Waals surface area (Å²) in [6, 6.07) is 0.176. The molecule has 2 bridgehead atoms. The Morgan fingerprint density at radius 2 is 2.33 bits per heavy atom. The number of rotatable bonds is 5. The highest BCUT2D eigenvalue weighted by atomic mass is 16.5. The van der Waals surface area contributed by atoms with Gasteiger partial charge in [0.1, 0.15) is 6.10 Å². The summed E-state index contributed by atoms with van der Waals surface area (Å²) in [4.78, 5) is 14.7. The van der Waals surface area contributed by atoms with Crippen molar-refractivity contribution in [2.75, 3.05) is 19.8 Å². The molecule has 1 aliphatic heterocycles. The number of fused-ring (bicyclic) bond motifs is 2. The zero-order valence-electron chi connectivity index (χ0n) is 12.6. The minimum Gasteiger partial charge on any atom is -0.374 e. The van der Waals surface area contributed by atoms with Gasteiger partial charge >= 0.3 is 0 Å². The van der Waals surface area contributed by atoms with E-state index in [4.69, 9.17) is 9.47 Å². The standard InChI is InChI=1S/C17H25NO3/c1-2-10-21-17-14-7-8-15(17)20-11-9-18(14)16(19)12-13-5-3-4-6-13/h2-3,5,13-15,17H,1,4,6-12H2/t13-,14-,15-,17+/m1/s1. The molecule has 1 saturated heterocycles. The van der Waals surface area contributed by atoms with E-state index < -0.39 is 0 Å². The Morgan fingerprint density at radius 1 is 1.43 bits per heavy atom. The number of amides is 1. The third-order valence-electron chi connectivity index (χ3n) is 4.83. The van der Waals surface area contributed by atoms with Crippen molar-refractivity contribution in [1.29, 1.82) is 0 Å². The highest BCUT2D eigenvalue weighted by Gasteiger charge is 2.44. The quantitative estimate of drug-likeness (QED) is 0.730. The van der Waals surface area contributed by atoms with Crippen LogP contribution in [-0.2, 0) is 14.3 Å². The van der Waals surface area contributed by atoms with Gasteiger partial charge in [0, 0.05) is 13.0 Å². The monoisotopic (exact) mass is 291 g/mol. The van der Waals surface area contributed by atoms with E-state index in [-0.39, 0.29) is 24.2 Å². The minimum atomic E-state index is 0.00794. The largest absolute Gasteiger partial charge is 0.374 e. The smallest absolute Gasteiger partial charge is 0.223 e. The molecule has 3 rings (SSSR count). The maximum atomic E-state index is 12.7. The van der Waals surface area contributed by atoms with Gasteiger partial charge in [-0.3, -0.25) is 4.79 Å². The topological polar surface area (TPSA) is 38.8 Å². The maximum absolute atomic E-state index is 12.7. The molecule has 1 amide bonds. The van der Waals surface area contributed by atoms with E-state index in [1.54, 1.807) is 6.08 Å². The number of carbonyl (C=O) groups excluding carboxylic acids is 1. The first-order valence-electron chi connectivity index (χ1n) is 8.10. The minimum absolute atomic E-state index is 0.00794. The lowest BCUT2D eigenvalue weighted by Crippen LogP contribution is -2.46. The Morgan fingerprint density at radius 3 is 3.10 bits per heavy atom. The van der Waals surface area contributed by atoms with Gasteiger partial charge in [-0.15, -0.1) is 6.58 Å². The Balaban J connectivity index is 1.66. The molecule has 21 heavy (non-hydrogen) atoms. The van der Waals surface area contributed by atoms with E-state index in [2.05, 4.69) is 18.7 Å². The molecule has 4 heteroatoms. The van der Waals surface area contributed by atoms with Crippen molar-refractivity contribution < 1.29 is 14.3 Å². The first-order valence-corrected chi connectivity index (χ1v) is 8.10. The van der Waals surface area contributed by atoms with Gasteiger partial charge in [-0.1, -0.05) is 18.2 Å². The van der Waals surface area contributed by atoms with Gasteiger partial charge < -0.3 is 14.4 Å². The first-order chi connectivity index (χ1) is 10.3. The van der Waals surface area contributed by atoms with Gasteiger partial charge in [0.05, 0.1) is 25.4 Å². The average Bonchev–Trinajstić information content (AvgIpc) is 3.04. The molecule has 0 spiro atoms. The van der Waals surface area contributed by atoms with Gasteiger partial charge in [-0.2, -0.15) is 0 Å². The summed E-state index contributed by atoms with van der Waals surface area (Å²) in [5.41, 5.74) is 0. The van der Waals surface area contributed by atoms with Crippen LogP contribution in [0.2, 0.25) is 0 Å². The van der Waals surface area contributed by atoms with Crippen LogP contribution < -0.4 is 0 Å². The zero-order valence-corrected chi connectivity index (χ0v) is 12.6. The molecule has 0 radical (unpaired) electrons. The summed E-state index contributed by atoms with van der Waals surface area (Å²) in [6.45, 7) is 5.56. The predicted octanol–water partition coefficient (Wildman–Crippen LogP) is 2.30. The van der Waals surface area contributed by atoms with E-state index in [0.29, 0.717) is 32.1 Å². The van der Waals surface area contributed by atoms with Crippen LogP contribution in [0.1, 0.15) is 32.1 Å². The van der Waals surface area contributed by atoms with Crippen molar-refractivity contribution in [2.45, 2.75) is 50.4 Å². The number of ether oxygens (including phenoxy) is 2. The lowest BCUT2D eigenvalue weighted by atomic mass is 10.0. The van der Waals surface area contributed by atoms with Gasteiger partial charge in [0.15, 0.2) is 0 Å². The van der Waals surface area contributed by atoms with Crippen LogP contribution in [0, 0.1) is 5.92 Å². The molecule has 0 aromatic carbocycles.